The standard InChI is InChI=1S/C8H19NO2/c1-11-8(10)6-4-2-3-5-7-9/h8,10H,2-7,9H2,1H3. The van der Waals surface area contributed by atoms with E-state index in [0.717, 1.165) is 38.6 Å². The Balaban J connectivity index is 2.89. The fourth-order valence-corrected chi connectivity index (χ4v) is 0.935. The fraction of sp³-hybridized carbons (Fsp3) is 1.00. The van der Waals surface area contributed by atoms with Gasteiger partial charge in [-0.15, -0.1) is 0 Å². The molecule has 0 heterocycles. The number of methoxy groups -OCH3 is 1. The summed E-state index contributed by atoms with van der Waals surface area (Å²) in [5, 5.41) is 8.97. The summed E-state index contributed by atoms with van der Waals surface area (Å²) in [7, 11) is 1.52. The van der Waals surface area contributed by atoms with Crippen molar-refractivity contribution in [1.82, 2.24) is 0 Å². The van der Waals surface area contributed by atoms with Crippen LogP contribution >= 0.6 is 0 Å². The Kier molecular flexibility index (Phi) is 7.89. The smallest absolute Gasteiger partial charge is 0.154 e. The summed E-state index contributed by atoms with van der Waals surface area (Å²) in [6.07, 6.45) is 4.57. The lowest BCUT2D eigenvalue weighted by Crippen LogP contribution is -2.08. The molecule has 0 rings (SSSR count). The summed E-state index contributed by atoms with van der Waals surface area (Å²) in [6.45, 7) is 0.771. The average molecular weight is 161 g/mol. The highest BCUT2D eigenvalue weighted by Crippen LogP contribution is 2.05. The van der Waals surface area contributed by atoms with E-state index in [1.807, 2.05) is 0 Å². The van der Waals surface area contributed by atoms with Crippen LogP contribution in [-0.4, -0.2) is 25.1 Å². The molecule has 0 aromatic rings. The predicted octanol–water partition coefficient (Wildman–Crippen LogP) is 0.860. The Bertz CT molecular complexity index is 78.5. The van der Waals surface area contributed by atoms with E-state index in [2.05, 4.69) is 4.74 Å². The number of ether oxygens (including phenoxy) is 1. The van der Waals surface area contributed by atoms with Crippen LogP contribution in [0.25, 0.3) is 0 Å². The lowest BCUT2D eigenvalue weighted by molar-refractivity contribution is -0.0793. The van der Waals surface area contributed by atoms with Gasteiger partial charge in [-0.05, 0) is 25.8 Å². The molecule has 0 bridgehead atoms. The molecule has 1 unspecified atom stereocenters. The first kappa shape index (κ1) is 10.9. The summed E-state index contributed by atoms with van der Waals surface area (Å²) in [6, 6.07) is 0. The molecule has 0 spiro atoms. The van der Waals surface area contributed by atoms with Gasteiger partial charge in [0.15, 0.2) is 6.29 Å². The van der Waals surface area contributed by atoms with E-state index >= 15 is 0 Å². The van der Waals surface area contributed by atoms with Crippen LogP contribution < -0.4 is 5.73 Å². The van der Waals surface area contributed by atoms with Crippen molar-refractivity contribution in [2.75, 3.05) is 13.7 Å². The summed E-state index contributed by atoms with van der Waals surface area (Å²) < 4.78 is 4.69. The first-order valence-corrected chi connectivity index (χ1v) is 4.22. The maximum absolute atomic E-state index is 8.97. The van der Waals surface area contributed by atoms with Crippen LogP contribution in [0.1, 0.15) is 32.1 Å². The molecular formula is C8H19NO2. The molecule has 68 valence electrons. The highest BCUT2D eigenvalue weighted by atomic mass is 16.6. The van der Waals surface area contributed by atoms with E-state index in [-0.39, 0.29) is 0 Å². The number of nitrogens with two attached hydrogens (primary N) is 1. The molecular weight excluding hydrogens is 142 g/mol. The first-order valence-electron chi connectivity index (χ1n) is 4.22. The molecule has 0 aliphatic heterocycles. The van der Waals surface area contributed by atoms with Crippen LogP contribution in [0.5, 0.6) is 0 Å². The molecule has 0 saturated carbocycles. The van der Waals surface area contributed by atoms with Gasteiger partial charge in [0.1, 0.15) is 0 Å². The zero-order valence-corrected chi connectivity index (χ0v) is 7.25. The fourth-order valence-electron chi connectivity index (χ4n) is 0.935. The third-order valence-electron chi connectivity index (χ3n) is 1.68. The van der Waals surface area contributed by atoms with Gasteiger partial charge in [0.2, 0.25) is 0 Å². The molecule has 0 aromatic carbocycles. The van der Waals surface area contributed by atoms with Crippen molar-refractivity contribution in [3.8, 4) is 0 Å². The number of unbranched alkanes of at least 4 members (excludes halogenated alkanes) is 3. The Morgan fingerprint density at radius 2 is 1.91 bits per heavy atom. The first-order chi connectivity index (χ1) is 5.31. The van der Waals surface area contributed by atoms with E-state index in [1.165, 1.54) is 7.11 Å². The van der Waals surface area contributed by atoms with E-state index in [0.29, 0.717) is 0 Å². The van der Waals surface area contributed by atoms with E-state index in [9.17, 15) is 0 Å². The molecule has 3 N–H and O–H groups in total. The number of rotatable bonds is 7. The van der Waals surface area contributed by atoms with Gasteiger partial charge in [0.05, 0.1) is 0 Å². The number of aliphatic hydroxyl groups excluding tert-OH is 1. The van der Waals surface area contributed by atoms with Crippen LogP contribution in [0.3, 0.4) is 0 Å². The van der Waals surface area contributed by atoms with Gasteiger partial charge >= 0.3 is 0 Å². The molecule has 0 aromatic heterocycles. The molecule has 11 heavy (non-hydrogen) atoms. The van der Waals surface area contributed by atoms with E-state index in [1.54, 1.807) is 0 Å². The summed E-state index contributed by atoms with van der Waals surface area (Å²) >= 11 is 0. The highest BCUT2D eigenvalue weighted by Gasteiger charge is 1.99. The zero-order chi connectivity index (χ0) is 8.53. The normalized spacial score (nSPS) is 13.4. The van der Waals surface area contributed by atoms with Crippen molar-refractivity contribution >= 4 is 0 Å². The number of hydrogen-bond donors (Lipinski definition) is 2. The largest absolute Gasteiger partial charge is 0.368 e. The van der Waals surface area contributed by atoms with Gasteiger partial charge < -0.3 is 15.6 Å². The summed E-state index contributed by atoms with van der Waals surface area (Å²) in [5.41, 5.74) is 5.32. The average Bonchev–Trinajstić information content (AvgIpc) is 2.04. The summed E-state index contributed by atoms with van der Waals surface area (Å²) in [5.74, 6) is 0. The zero-order valence-electron chi connectivity index (χ0n) is 7.25. The van der Waals surface area contributed by atoms with Crippen LogP contribution in [0.4, 0.5) is 0 Å². The lowest BCUT2D eigenvalue weighted by atomic mass is 10.1. The lowest BCUT2D eigenvalue weighted by Gasteiger charge is -2.06. The molecule has 0 aliphatic rings. The Hall–Kier alpha value is -0.120. The monoisotopic (exact) mass is 161 g/mol. The second-order valence-electron chi connectivity index (χ2n) is 2.68. The van der Waals surface area contributed by atoms with Gasteiger partial charge in [-0.3, -0.25) is 0 Å². The number of aliphatic hydroxyl groups is 1. The van der Waals surface area contributed by atoms with Crippen molar-refractivity contribution in [1.29, 1.82) is 0 Å². The van der Waals surface area contributed by atoms with Crippen LogP contribution in [-0.2, 0) is 4.74 Å². The number of hydrogen-bond acceptors (Lipinski definition) is 3. The summed E-state index contributed by atoms with van der Waals surface area (Å²) in [4.78, 5) is 0. The predicted molar refractivity (Wildman–Crippen MR) is 45.2 cm³/mol. The maximum Gasteiger partial charge on any atom is 0.154 e. The second-order valence-corrected chi connectivity index (χ2v) is 2.68. The molecule has 0 radical (unpaired) electrons. The van der Waals surface area contributed by atoms with Gasteiger partial charge in [-0.25, -0.2) is 0 Å². The van der Waals surface area contributed by atoms with Crippen molar-refractivity contribution in [3.05, 3.63) is 0 Å². The quantitative estimate of drug-likeness (QED) is 0.430. The SMILES string of the molecule is COC(O)CCCCCCN. The van der Waals surface area contributed by atoms with Crippen molar-refractivity contribution < 1.29 is 9.84 Å². The van der Waals surface area contributed by atoms with Crippen LogP contribution in [0.15, 0.2) is 0 Å². The molecule has 1 atom stereocenters. The molecule has 0 amide bonds. The van der Waals surface area contributed by atoms with Gasteiger partial charge in [-0.2, -0.15) is 0 Å². The van der Waals surface area contributed by atoms with E-state index in [4.69, 9.17) is 10.8 Å². The molecule has 0 saturated heterocycles. The van der Waals surface area contributed by atoms with Crippen LogP contribution in [0.2, 0.25) is 0 Å². The molecule has 3 nitrogen and oxygen atoms in total. The molecule has 3 heteroatoms. The minimum atomic E-state index is -0.576. The van der Waals surface area contributed by atoms with E-state index < -0.39 is 6.29 Å². The highest BCUT2D eigenvalue weighted by molar-refractivity contribution is 4.46. The third-order valence-corrected chi connectivity index (χ3v) is 1.68. The van der Waals surface area contributed by atoms with Crippen molar-refractivity contribution in [2.24, 2.45) is 5.73 Å². The second kappa shape index (κ2) is 7.98. The molecule has 0 fully saturated rings. The van der Waals surface area contributed by atoms with Gasteiger partial charge in [-0.1, -0.05) is 12.8 Å². The maximum atomic E-state index is 8.97. The van der Waals surface area contributed by atoms with Gasteiger partial charge in [0, 0.05) is 7.11 Å². The minimum Gasteiger partial charge on any atom is -0.368 e. The van der Waals surface area contributed by atoms with Gasteiger partial charge in [0.25, 0.3) is 0 Å². The van der Waals surface area contributed by atoms with Crippen LogP contribution in [0, 0.1) is 0 Å². The molecule has 0 aliphatic carbocycles. The Morgan fingerprint density at radius 3 is 2.45 bits per heavy atom. The topological polar surface area (TPSA) is 55.5 Å². The Labute approximate surface area is 68.5 Å². The van der Waals surface area contributed by atoms with Crippen molar-refractivity contribution in [3.63, 3.8) is 0 Å². The minimum absolute atomic E-state index is 0.576. The van der Waals surface area contributed by atoms with Crippen molar-refractivity contribution in [2.45, 2.75) is 38.4 Å². The Morgan fingerprint density at radius 1 is 1.27 bits per heavy atom. The third kappa shape index (κ3) is 7.78.